The van der Waals surface area contributed by atoms with E-state index in [0.29, 0.717) is 17.5 Å². The van der Waals surface area contributed by atoms with E-state index in [1.54, 1.807) is 0 Å². The quantitative estimate of drug-likeness (QED) is 0.689. The highest BCUT2D eigenvalue weighted by Crippen LogP contribution is 2.33. The Balaban J connectivity index is 2.37. The fourth-order valence-corrected chi connectivity index (χ4v) is 2.56. The van der Waals surface area contributed by atoms with Crippen LogP contribution in [0.1, 0.15) is 21.5 Å². The Morgan fingerprint density at radius 2 is 1.86 bits per heavy atom. The van der Waals surface area contributed by atoms with Crippen molar-refractivity contribution in [1.82, 2.24) is 4.98 Å². The highest BCUT2D eigenvalue weighted by Gasteiger charge is 2.17. The molecule has 4 heteroatoms. The lowest BCUT2D eigenvalue weighted by atomic mass is 10.0. The molecular weight excluding hydrogens is 272 g/mol. The molecule has 0 radical (unpaired) electrons. The van der Waals surface area contributed by atoms with Gasteiger partial charge in [0.2, 0.25) is 0 Å². The number of hydrogen-bond acceptors (Lipinski definition) is 1. The summed E-state index contributed by atoms with van der Waals surface area (Å²) >= 11 is 0. The number of aromatic nitrogens is 1. The van der Waals surface area contributed by atoms with Crippen LogP contribution in [0.2, 0.25) is 0 Å². The highest BCUT2D eigenvalue weighted by molar-refractivity contribution is 6.05. The monoisotopic (exact) mass is 285 g/mol. The van der Waals surface area contributed by atoms with Gasteiger partial charge >= 0.3 is 0 Å². The summed E-state index contributed by atoms with van der Waals surface area (Å²) in [6.07, 6.45) is 0.700. The minimum atomic E-state index is -0.695. The van der Waals surface area contributed by atoms with Gasteiger partial charge in [-0.1, -0.05) is 12.1 Å². The van der Waals surface area contributed by atoms with Crippen molar-refractivity contribution in [2.45, 2.75) is 13.8 Å². The first-order valence-electron chi connectivity index (χ1n) is 6.55. The predicted molar refractivity (Wildman–Crippen MR) is 78.5 cm³/mol. The fraction of sp³-hybridized carbons (Fsp3) is 0.118. The molecule has 3 rings (SSSR count). The molecule has 0 atom stereocenters. The summed E-state index contributed by atoms with van der Waals surface area (Å²) in [7, 11) is 0. The summed E-state index contributed by atoms with van der Waals surface area (Å²) in [5.41, 5.74) is 3.84. The third kappa shape index (κ3) is 2.03. The number of carbonyl (C=O) groups excluding carboxylic acids is 1. The topological polar surface area (TPSA) is 32.9 Å². The third-order valence-electron chi connectivity index (χ3n) is 3.86. The standard InChI is InChI=1S/C17H13F2NO/c1-9-3-5-12-14(8-21)17(20-16(12)10(9)2)13-6-4-11(18)7-15(13)19/h3-8,20H,1-2H3. The van der Waals surface area contributed by atoms with Crippen LogP contribution in [0.25, 0.3) is 22.2 Å². The third-order valence-corrected chi connectivity index (χ3v) is 3.86. The van der Waals surface area contributed by atoms with Crippen molar-refractivity contribution in [3.05, 3.63) is 58.7 Å². The van der Waals surface area contributed by atoms with E-state index in [1.807, 2.05) is 26.0 Å². The zero-order valence-electron chi connectivity index (χ0n) is 11.6. The number of halogens is 2. The summed E-state index contributed by atoms with van der Waals surface area (Å²) in [5, 5.41) is 0.742. The molecule has 0 spiro atoms. The van der Waals surface area contributed by atoms with Gasteiger partial charge in [0, 0.05) is 28.1 Å². The first-order chi connectivity index (χ1) is 10.0. The Morgan fingerprint density at radius 3 is 2.52 bits per heavy atom. The number of H-pyrrole nitrogens is 1. The molecule has 1 heterocycles. The van der Waals surface area contributed by atoms with Gasteiger partial charge in [-0.3, -0.25) is 4.79 Å². The first-order valence-corrected chi connectivity index (χ1v) is 6.55. The summed E-state index contributed by atoms with van der Waals surface area (Å²) in [4.78, 5) is 14.5. The van der Waals surface area contributed by atoms with Crippen molar-refractivity contribution in [1.29, 1.82) is 0 Å². The van der Waals surface area contributed by atoms with Gasteiger partial charge in [-0.2, -0.15) is 0 Å². The van der Waals surface area contributed by atoms with E-state index < -0.39 is 11.6 Å². The van der Waals surface area contributed by atoms with Gasteiger partial charge in [-0.25, -0.2) is 8.78 Å². The molecule has 1 aromatic heterocycles. The Morgan fingerprint density at radius 1 is 1.10 bits per heavy atom. The number of nitrogens with one attached hydrogen (secondary N) is 1. The molecule has 2 nitrogen and oxygen atoms in total. The van der Waals surface area contributed by atoms with Crippen LogP contribution >= 0.6 is 0 Å². The lowest BCUT2D eigenvalue weighted by Gasteiger charge is -2.02. The van der Waals surface area contributed by atoms with Crippen LogP contribution in [0, 0.1) is 25.5 Å². The minimum Gasteiger partial charge on any atom is -0.354 e. The number of hydrogen-bond donors (Lipinski definition) is 1. The van der Waals surface area contributed by atoms with Gasteiger partial charge in [0.05, 0.1) is 5.69 Å². The van der Waals surface area contributed by atoms with Crippen molar-refractivity contribution < 1.29 is 13.6 Å². The zero-order valence-corrected chi connectivity index (χ0v) is 11.6. The molecule has 0 fully saturated rings. The van der Waals surface area contributed by atoms with Crippen molar-refractivity contribution >= 4 is 17.2 Å². The minimum absolute atomic E-state index is 0.187. The summed E-state index contributed by atoms with van der Waals surface area (Å²) in [6, 6.07) is 7.08. The SMILES string of the molecule is Cc1ccc2c(C=O)c(-c3ccc(F)cc3F)[nH]c2c1C. The van der Waals surface area contributed by atoms with Crippen molar-refractivity contribution in [2.75, 3.05) is 0 Å². The molecule has 2 aromatic carbocycles. The van der Waals surface area contributed by atoms with E-state index in [9.17, 15) is 13.6 Å². The fourth-order valence-electron chi connectivity index (χ4n) is 2.56. The Kier molecular flexibility index (Phi) is 3.09. The molecule has 106 valence electrons. The molecule has 0 aliphatic rings. The van der Waals surface area contributed by atoms with Crippen LogP contribution < -0.4 is 0 Å². The molecule has 1 N–H and O–H groups in total. The maximum atomic E-state index is 14.0. The number of aryl methyl sites for hydroxylation is 2. The van der Waals surface area contributed by atoms with Crippen LogP contribution in [0.3, 0.4) is 0 Å². The van der Waals surface area contributed by atoms with Crippen LogP contribution in [0.15, 0.2) is 30.3 Å². The number of rotatable bonds is 2. The maximum absolute atomic E-state index is 14.0. The summed E-state index contributed by atoms with van der Waals surface area (Å²) in [5.74, 6) is -1.34. The number of aromatic amines is 1. The molecule has 0 aliphatic carbocycles. The Bertz CT molecular complexity index is 865. The van der Waals surface area contributed by atoms with Crippen molar-refractivity contribution in [2.24, 2.45) is 0 Å². The van der Waals surface area contributed by atoms with Crippen LogP contribution in [-0.4, -0.2) is 11.3 Å². The second-order valence-electron chi connectivity index (χ2n) is 5.09. The average molecular weight is 285 g/mol. The molecule has 0 bridgehead atoms. The second-order valence-corrected chi connectivity index (χ2v) is 5.09. The lowest BCUT2D eigenvalue weighted by molar-refractivity contribution is 0.112. The Labute approximate surface area is 120 Å². The molecule has 0 unspecified atom stereocenters. The number of benzene rings is 2. The zero-order chi connectivity index (χ0) is 15.1. The van der Waals surface area contributed by atoms with E-state index in [2.05, 4.69) is 4.98 Å². The largest absolute Gasteiger partial charge is 0.354 e. The smallest absolute Gasteiger partial charge is 0.152 e. The number of aldehydes is 1. The molecule has 0 aliphatic heterocycles. The van der Waals surface area contributed by atoms with E-state index >= 15 is 0 Å². The van der Waals surface area contributed by atoms with Crippen molar-refractivity contribution in [3.63, 3.8) is 0 Å². The van der Waals surface area contributed by atoms with E-state index in [0.717, 1.165) is 28.1 Å². The normalized spacial score (nSPS) is 11.0. The average Bonchev–Trinajstić information content (AvgIpc) is 2.82. The van der Waals surface area contributed by atoms with E-state index in [-0.39, 0.29) is 5.56 Å². The van der Waals surface area contributed by atoms with E-state index in [1.165, 1.54) is 12.1 Å². The molecule has 0 amide bonds. The lowest BCUT2D eigenvalue weighted by Crippen LogP contribution is -1.90. The van der Waals surface area contributed by atoms with Gasteiger partial charge < -0.3 is 4.98 Å². The number of carbonyl (C=O) groups is 1. The van der Waals surface area contributed by atoms with Crippen LogP contribution in [0.4, 0.5) is 8.78 Å². The van der Waals surface area contributed by atoms with Gasteiger partial charge in [-0.05, 0) is 37.1 Å². The maximum Gasteiger partial charge on any atom is 0.152 e. The van der Waals surface area contributed by atoms with Crippen LogP contribution in [0.5, 0.6) is 0 Å². The Hall–Kier alpha value is -2.49. The molecule has 3 aromatic rings. The molecule has 0 saturated heterocycles. The summed E-state index contributed by atoms with van der Waals surface area (Å²) in [6.45, 7) is 3.90. The number of fused-ring (bicyclic) bond motifs is 1. The summed E-state index contributed by atoms with van der Waals surface area (Å²) < 4.78 is 27.0. The van der Waals surface area contributed by atoms with Gasteiger partial charge in [0.25, 0.3) is 0 Å². The molecule has 21 heavy (non-hydrogen) atoms. The van der Waals surface area contributed by atoms with Crippen molar-refractivity contribution in [3.8, 4) is 11.3 Å². The predicted octanol–water partition coefficient (Wildman–Crippen LogP) is 4.54. The molecule has 0 saturated carbocycles. The van der Waals surface area contributed by atoms with Gasteiger partial charge in [-0.15, -0.1) is 0 Å². The van der Waals surface area contributed by atoms with Gasteiger partial charge in [0.15, 0.2) is 6.29 Å². The van der Waals surface area contributed by atoms with E-state index in [4.69, 9.17) is 0 Å². The second kappa shape index (κ2) is 4.81. The van der Waals surface area contributed by atoms with Gasteiger partial charge in [0.1, 0.15) is 11.6 Å². The molecular formula is C17H13F2NO. The van der Waals surface area contributed by atoms with Crippen LogP contribution in [-0.2, 0) is 0 Å². The highest BCUT2D eigenvalue weighted by atomic mass is 19.1. The first kappa shape index (κ1) is 13.5.